The fraction of sp³-hybridized carbons (Fsp3) is 0.308. The fourth-order valence-electron chi connectivity index (χ4n) is 4.03. The summed E-state index contributed by atoms with van der Waals surface area (Å²) in [5.41, 5.74) is 3.26. The van der Waals surface area contributed by atoms with E-state index in [1.807, 2.05) is 37.3 Å². The lowest BCUT2D eigenvalue weighted by atomic mass is 10.0. The average Bonchev–Trinajstić information content (AvgIpc) is 3.27. The van der Waals surface area contributed by atoms with Crippen LogP contribution in [0.2, 0.25) is 0 Å². The zero-order valence-corrected chi connectivity index (χ0v) is 21.2. The topological polar surface area (TPSA) is 68.7 Å². The van der Waals surface area contributed by atoms with Gasteiger partial charge in [-0.25, -0.2) is 9.97 Å². The number of hydrogen-bond donors (Lipinski definition) is 1. The average molecular weight is 479 g/mol. The summed E-state index contributed by atoms with van der Waals surface area (Å²) in [5, 5.41) is 6.74. The van der Waals surface area contributed by atoms with Gasteiger partial charge in [-0.3, -0.25) is 0 Å². The first-order valence-electron chi connectivity index (χ1n) is 11.0. The number of ether oxygens (including phenoxy) is 3. The minimum absolute atomic E-state index is 0.128. The molecule has 0 saturated carbocycles. The molecule has 0 aliphatic rings. The van der Waals surface area contributed by atoms with Crippen molar-refractivity contribution in [3.63, 3.8) is 0 Å². The zero-order chi connectivity index (χ0) is 24.2. The Labute approximate surface area is 204 Å². The molecule has 0 spiro atoms. The molecule has 1 atom stereocenters. The zero-order valence-electron chi connectivity index (χ0n) is 20.4. The van der Waals surface area contributed by atoms with Crippen LogP contribution in [0, 0.1) is 6.92 Å². The Hall–Kier alpha value is -3.36. The van der Waals surface area contributed by atoms with Gasteiger partial charge in [0.25, 0.3) is 0 Å². The fourth-order valence-corrected chi connectivity index (χ4v) is 5.03. The van der Waals surface area contributed by atoms with E-state index in [-0.39, 0.29) is 6.04 Å². The van der Waals surface area contributed by atoms with Crippen LogP contribution >= 0.6 is 11.3 Å². The molecular weight excluding hydrogens is 448 g/mol. The van der Waals surface area contributed by atoms with E-state index in [1.165, 1.54) is 5.56 Å². The molecule has 8 heteroatoms. The van der Waals surface area contributed by atoms with Gasteiger partial charge in [-0.15, -0.1) is 11.3 Å². The lowest BCUT2D eigenvalue weighted by Crippen LogP contribution is -2.27. The summed E-state index contributed by atoms with van der Waals surface area (Å²) < 4.78 is 16.4. The molecule has 2 aromatic carbocycles. The van der Waals surface area contributed by atoms with Crippen LogP contribution in [-0.4, -0.2) is 56.8 Å². The van der Waals surface area contributed by atoms with Crippen LogP contribution in [0.5, 0.6) is 17.2 Å². The molecular formula is C26H30N4O3S. The molecule has 1 N–H and O–H groups in total. The Morgan fingerprint density at radius 3 is 2.47 bits per heavy atom. The predicted molar refractivity (Wildman–Crippen MR) is 139 cm³/mol. The number of aryl methyl sites for hydroxylation is 1. The van der Waals surface area contributed by atoms with Crippen LogP contribution in [0.4, 0.5) is 5.82 Å². The lowest BCUT2D eigenvalue weighted by Gasteiger charge is -2.26. The van der Waals surface area contributed by atoms with Crippen molar-refractivity contribution in [2.75, 3.05) is 47.3 Å². The highest BCUT2D eigenvalue weighted by molar-refractivity contribution is 7.17. The number of nitrogens with zero attached hydrogens (tertiary/aromatic N) is 3. The molecule has 0 aliphatic heterocycles. The minimum atomic E-state index is 0.128. The molecule has 2 aromatic heterocycles. The van der Waals surface area contributed by atoms with E-state index >= 15 is 0 Å². The number of thiophene rings is 1. The first kappa shape index (κ1) is 23.8. The number of nitrogens with one attached hydrogen (secondary N) is 1. The summed E-state index contributed by atoms with van der Waals surface area (Å²) in [6, 6.07) is 14.2. The third-order valence-electron chi connectivity index (χ3n) is 5.80. The first-order chi connectivity index (χ1) is 16.4. The van der Waals surface area contributed by atoms with Crippen LogP contribution in [0.25, 0.3) is 21.3 Å². The number of anilines is 1. The molecule has 178 valence electrons. The lowest BCUT2D eigenvalue weighted by molar-refractivity contribution is 0.310. The normalized spacial score (nSPS) is 12.1. The number of aromatic nitrogens is 2. The van der Waals surface area contributed by atoms with Gasteiger partial charge in [0.2, 0.25) is 0 Å². The molecule has 4 aromatic rings. The SMILES string of the molecule is COc1cccc([C@@H](CNc2nc(C)nc3scc(-c4ccc(OC)c(OC)c4)c23)N(C)C)c1. The van der Waals surface area contributed by atoms with Gasteiger partial charge in [0, 0.05) is 17.5 Å². The molecule has 0 aliphatic carbocycles. The van der Waals surface area contributed by atoms with Gasteiger partial charge in [0.1, 0.15) is 22.2 Å². The van der Waals surface area contributed by atoms with Gasteiger partial charge in [-0.05, 0) is 56.4 Å². The van der Waals surface area contributed by atoms with Gasteiger partial charge in [-0.2, -0.15) is 0 Å². The van der Waals surface area contributed by atoms with E-state index in [2.05, 4.69) is 46.8 Å². The molecule has 34 heavy (non-hydrogen) atoms. The Morgan fingerprint density at radius 1 is 0.971 bits per heavy atom. The molecule has 2 heterocycles. The minimum Gasteiger partial charge on any atom is -0.497 e. The van der Waals surface area contributed by atoms with E-state index in [4.69, 9.17) is 19.2 Å². The predicted octanol–water partition coefficient (Wildman–Crippen LogP) is 5.41. The van der Waals surface area contributed by atoms with Crippen molar-refractivity contribution in [3.05, 3.63) is 59.2 Å². The summed E-state index contributed by atoms with van der Waals surface area (Å²) >= 11 is 1.61. The van der Waals surface area contributed by atoms with Crippen molar-refractivity contribution in [1.82, 2.24) is 14.9 Å². The second-order valence-corrected chi connectivity index (χ2v) is 9.01. The van der Waals surface area contributed by atoms with Crippen molar-refractivity contribution in [2.24, 2.45) is 0 Å². The number of methoxy groups -OCH3 is 3. The maximum Gasteiger partial charge on any atom is 0.161 e. The standard InChI is InChI=1S/C26H30N4O3S/c1-16-28-25(27-14-21(30(2)3)18-8-7-9-19(12-18)31-4)24-20(15-34-26(24)29-16)17-10-11-22(32-5)23(13-17)33-6/h7-13,15,21H,14H2,1-6H3,(H,27,28,29)/t21-/m1/s1. The number of fused-ring (bicyclic) bond motifs is 1. The van der Waals surface area contributed by atoms with Gasteiger partial charge in [0.05, 0.1) is 32.8 Å². The van der Waals surface area contributed by atoms with Crippen LogP contribution in [0.15, 0.2) is 47.8 Å². The molecule has 0 bridgehead atoms. The van der Waals surface area contributed by atoms with Crippen molar-refractivity contribution in [3.8, 4) is 28.4 Å². The highest BCUT2D eigenvalue weighted by Crippen LogP contribution is 2.40. The van der Waals surface area contributed by atoms with Gasteiger partial charge < -0.3 is 24.4 Å². The van der Waals surface area contributed by atoms with Crippen molar-refractivity contribution < 1.29 is 14.2 Å². The number of likely N-dealkylation sites (N-methyl/N-ethyl adjacent to an activating group) is 1. The number of benzene rings is 2. The third kappa shape index (κ3) is 4.78. The summed E-state index contributed by atoms with van der Waals surface area (Å²) in [5.74, 6) is 3.79. The van der Waals surface area contributed by atoms with Crippen LogP contribution in [-0.2, 0) is 0 Å². The van der Waals surface area contributed by atoms with Crippen molar-refractivity contribution in [2.45, 2.75) is 13.0 Å². The van der Waals surface area contributed by atoms with E-state index in [0.717, 1.165) is 38.7 Å². The quantitative estimate of drug-likeness (QED) is 0.345. The van der Waals surface area contributed by atoms with E-state index in [0.29, 0.717) is 18.0 Å². The van der Waals surface area contributed by atoms with Crippen molar-refractivity contribution in [1.29, 1.82) is 0 Å². The Kier molecular flexibility index (Phi) is 7.19. The van der Waals surface area contributed by atoms with Crippen LogP contribution in [0.1, 0.15) is 17.4 Å². The second kappa shape index (κ2) is 10.3. The maximum absolute atomic E-state index is 5.53. The van der Waals surface area contributed by atoms with Crippen molar-refractivity contribution >= 4 is 27.4 Å². The molecule has 0 saturated heterocycles. The molecule has 4 rings (SSSR count). The Bertz CT molecular complexity index is 1290. The number of rotatable bonds is 9. The smallest absolute Gasteiger partial charge is 0.161 e. The summed E-state index contributed by atoms with van der Waals surface area (Å²) in [4.78, 5) is 12.6. The summed E-state index contributed by atoms with van der Waals surface area (Å²) in [6.45, 7) is 2.60. The van der Waals surface area contributed by atoms with E-state index < -0.39 is 0 Å². The molecule has 0 amide bonds. The van der Waals surface area contributed by atoms with Gasteiger partial charge in [0.15, 0.2) is 11.5 Å². The third-order valence-corrected chi connectivity index (χ3v) is 6.68. The second-order valence-electron chi connectivity index (χ2n) is 8.16. The summed E-state index contributed by atoms with van der Waals surface area (Å²) in [7, 11) is 9.12. The molecule has 0 fully saturated rings. The first-order valence-corrected chi connectivity index (χ1v) is 11.9. The van der Waals surface area contributed by atoms with Gasteiger partial charge >= 0.3 is 0 Å². The van der Waals surface area contributed by atoms with Gasteiger partial charge in [-0.1, -0.05) is 18.2 Å². The molecule has 0 unspecified atom stereocenters. The highest BCUT2D eigenvalue weighted by atomic mass is 32.1. The maximum atomic E-state index is 5.53. The van der Waals surface area contributed by atoms with E-state index in [1.54, 1.807) is 32.7 Å². The monoisotopic (exact) mass is 478 g/mol. The van der Waals surface area contributed by atoms with E-state index in [9.17, 15) is 0 Å². The van der Waals surface area contributed by atoms with Crippen LogP contribution in [0.3, 0.4) is 0 Å². The largest absolute Gasteiger partial charge is 0.497 e. The molecule has 7 nitrogen and oxygen atoms in total. The Balaban J connectivity index is 1.72. The molecule has 0 radical (unpaired) electrons. The summed E-state index contributed by atoms with van der Waals surface area (Å²) in [6.07, 6.45) is 0. The van der Waals surface area contributed by atoms with Crippen LogP contribution < -0.4 is 19.5 Å². The highest BCUT2D eigenvalue weighted by Gasteiger charge is 2.19. The number of hydrogen-bond acceptors (Lipinski definition) is 8. The Morgan fingerprint density at radius 2 is 1.76 bits per heavy atom.